The Hall–Kier alpha value is -2.44. The lowest BCUT2D eigenvalue weighted by Crippen LogP contribution is -2.26. The van der Waals surface area contributed by atoms with Crippen LogP contribution in [0, 0.1) is 0 Å². The van der Waals surface area contributed by atoms with E-state index < -0.39 is 0 Å². The fourth-order valence-electron chi connectivity index (χ4n) is 1.47. The Bertz CT molecular complexity index is 512. The van der Waals surface area contributed by atoms with Gasteiger partial charge in [0.1, 0.15) is 17.9 Å². The van der Waals surface area contributed by atoms with Crippen LogP contribution in [-0.2, 0) is 6.42 Å². The number of aromatic amines is 1. The van der Waals surface area contributed by atoms with Crippen molar-refractivity contribution >= 4 is 5.91 Å². The molecule has 0 radical (unpaired) electrons. The second-order valence-corrected chi connectivity index (χ2v) is 3.51. The summed E-state index contributed by atoms with van der Waals surface area (Å²) in [6.45, 7) is 0.472. The Kier molecular flexibility index (Phi) is 3.85. The third-order valence-corrected chi connectivity index (χ3v) is 2.36. The number of aromatic nitrogens is 4. The molecule has 0 aliphatic heterocycles. The van der Waals surface area contributed by atoms with Gasteiger partial charge < -0.3 is 10.1 Å². The number of nitrogens with one attached hydrogen (secondary N) is 2. The van der Waals surface area contributed by atoms with Crippen molar-refractivity contribution in [3.8, 4) is 5.75 Å². The Balaban J connectivity index is 1.91. The van der Waals surface area contributed by atoms with Gasteiger partial charge in [0.15, 0.2) is 0 Å². The maximum Gasteiger partial charge on any atom is 0.255 e. The number of hydrogen-bond acceptors (Lipinski definition) is 5. The van der Waals surface area contributed by atoms with Gasteiger partial charge >= 0.3 is 0 Å². The molecule has 0 aliphatic rings. The van der Waals surface area contributed by atoms with Crippen molar-refractivity contribution in [2.75, 3.05) is 13.7 Å². The standard InChI is InChI=1S/C11H13N5O2/c1-18-9-6-12-4-2-8(9)11(17)13-5-3-10-14-7-15-16-10/h2,4,6-7H,3,5H2,1H3,(H,13,17)(H,14,15,16). The van der Waals surface area contributed by atoms with Crippen LogP contribution in [0.3, 0.4) is 0 Å². The highest BCUT2D eigenvalue weighted by Gasteiger charge is 2.11. The van der Waals surface area contributed by atoms with Gasteiger partial charge in [0, 0.05) is 19.2 Å². The summed E-state index contributed by atoms with van der Waals surface area (Å²) >= 11 is 0. The van der Waals surface area contributed by atoms with Crippen LogP contribution in [-0.4, -0.2) is 39.7 Å². The minimum Gasteiger partial charge on any atom is -0.494 e. The first-order chi connectivity index (χ1) is 8.81. The predicted octanol–water partition coefficient (Wildman–Crippen LogP) is 0.181. The van der Waals surface area contributed by atoms with Crippen LogP contribution < -0.4 is 10.1 Å². The molecule has 2 heterocycles. The van der Waals surface area contributed by atoms with E-state index in [0.29, 0.717) is 24.3 Å². The van der Waals surface area contributed by atoms with Crippen molar-refractivity contribution in [1.82, 2.24) is 25.5 Å². The number of carbonyl (C=O) groups excluding carboxylic acids is 1. The van der Waals surface area contributed by atoms with Crippen molar-refractivity contribution in [2.24, 2.45) is 0 Å². The molecular weight excluding hydrogens is 234 g/mol. The van der Waals surface area contributed by atoms with Gasteiger partial charge in [-0.25, -0.2) is 4.98 Å². The number of H-pyrrole nitrogens is 1. The zero-order valence-corrected chi connectivity index (χ0v) is 9.88. The second-order valence-electron chi connectivity index (χ2n) is 3.51. The first-order valence-corrected chi connectivity index (χ1v) is 5.41. The van der Waals surface area contributed by atoms with E-state index in [4.69, 9.17) is 4.74 Å². The molecule has 0 atom stereocenters. The van der Waals surface area contributed by atoms with E-state index >= 15 is 0 Å². The van der Waals surface area contributed by atoms with Crippen LogP contribution in [0.5, 0.6) is 5.75 Å². The molecule has 2 aromatic rings. The van der Waals surface area contributed by atoms with Crippen LogP contribution in [0.2, 0.25) is 0 Å². The highest BCUT2D eigenvalue weighted by atomic mass is 16.5. The molecule has 2 aromatic heterocycles. The smallest absolute Gasteiger partial charge is 0.255 e. The maximum absolute atomic E-state index is 11.9. The van der Waals surface area contributed by atoms with Crippen LogP contribution >= 0.6 is 0 Å². The van der Waals surface area contributed by atoms with Gasteiger partial charge in [-0.2, -0.15) is 5.10 Å². The fourth-order valence-corrected chi connectivity index (χ4v) is 1.47. The SMILES string of the molecule is COc1cnccc1C(=O)NCCc1ncn[nH]1. The van der Waals surface area contributed by atoms with Gasteiger partial charge in [-0.15, -0.1) is 0 Å². The quantitative estimate of drug-likeness (QED) is 0.786. The van der Waals surface area contributed by atoms with Crippen molar-refractivity contribution in [1.29, 1.82) is 0 Å². The molecule has 94 valence electrons. The average molecular weight is 247 g/mol. The van der Waals surface area contributed by atoms with Gasteiger partial charge in [-0.3, -0.25) is 14.9 Å². The third kappa shape index (κ3) is 2.82. The number of hydrogen-bond donors (Lipinski definition) is 2. The number of carbonyl (C=O) groups is 1. The second kappa shape index (κ2) is 5.76. The molecule has 0 bridgehead atoms. The Morgan fingerprint density at radius 3 is 3.17 bits per heavy atom. The fraction of sp³-hybridized carbons (Fsp3) is 0.273. The molecule has 0 spiro atoms. The lowest BCUT2D eigenvalue weighted by Gasteiger charge is -2.07. The number of nitrogens with zero attached hydrogens (tertiary/aromatic N) is 3. The van der Waals surface area contributed by atoms with E-state index in [1.54, 1.807) is 12.3 Å². The summed E-state index contributed by atoms with van der Waals surface area (Å²) in [7, 11) is 1.50. The van der Waals surface area contributed by atoms with E-state index in [9.17, 15) is 4.79 Å². The number of rotatable bonds is 5. The molecule has 18 heavy (non-hydrogen) atoms. The summed E-state index contributed by atoms with van der Waals surface area (Å²) in [5, 5.41) is 9.23. The molecule has 0 fully saturated rings. The largest absolute Gasteiger partial charge is 0.494 e. The first-order valence-electron chi connectivity index (χ1n) is 5.41. The maximum atomic E-state index is 11.9. The topological polar surface area (TPSA) is 92.8 Å². The normalized spacial score (nSPS) is 10.1. The first kappa shape index (κ1) is 12.0. The van der Waals surface area contributed by atoms with Gasteiger partial charge in [0.25, 0.3) is 5.91 Å². The van der Waals surface area contributed by atoms with E-state index in [1.165, 1.54) is 19.6 Å². The third-order valence-electron chi connectivity index (χ3n) is 2.36. The summed E-state index contributed by atoms with van der Waals surface area (Å²) in [4.78, 5) is 19.7. The summed E-state index contributed by atoms with van der Waals surface area (Å²) in [5.74, 6) is 0.987. The zero-order valence-electron chi connectivity index (χ0n) is 9.88. The molecule has 2 N–H and O–H groups in total. The average Bonchev–Trinajstić information content (AvgIpc) is 2.91. The van der Waals surface area contributed by atoms with Gasteiger partial charge in [-0.05, 0) is 6.07 Å². The predicted molar refractivity (Wildman–Crippen MR) is 63.2 cm³/mol. The Morgan fingerprint density at radius 2 is 2.44 bits per heavy atom. The molecule has 2 rings (SSSR count). The van der Waals surface area contributed by atoms with Gasteiger partial charge in [0.05, 0.1) is 18.9 Å². The van der Waals surface area contributed by atoms with Crippen molar-refractivity contribution < 1.29 is 9.53 Å². The van der Waals surface area contributed by atoms with E-state index in [1.807, 2.05) is 0 Å². The summed E-state index contributed by atoms with van der Waals surface area (Å²) in [5.41, 5.74) is 0.463. The van der Waals surface area contributed by atoms with Crippen molar-refractivity contribution in [3.05, 3.63) is 36.2 Å². The van der Waals surface area contributed by atoms with E-state index in [0.717, 1.165) is 5.82 Å². The summed E-state index contributed by atoms with van der Waals surface area (Å²) in [6.07, 6.45) is 5.08. The molecule has 0 aromatic carbocycles. The highest BCUT2D eigenvalue weighted by molar-refractivity contribution is 5.96. The van der Waals surface area contributed by atoms with Crippen molar-refractivity contribution in [2.45, 2.75) is 6.42 Å². The van der Waals surface area contributed by atoms with Gasteiger partial charge in [-0.1, -0.05) is 0 Å². The van der Waals surface area contributed by atoms with Crippen LogP contribution in [0.25, 0.3) is 0 Å². The number of amides is 1. The van der Waals surface area contributed by atoms with E-state index in [2.05, 4.69) is 25.5 Å². The van der Waals surface area contributed by atoms with Crippen LogP contribution in [0.15, 0.2) is 24.8 Å². The minimum absolute atomic E-state index is 0.200. The molecule has 0 saturated heterocycles. The lowest BCUT2D eigenvalue weighted by atomic mass is 10.2. The zero-order chi connectivity index (χ0) is 12.8. The molecule has 1 amide bonds. The molecule has 0 saturated carbocycles. The minimum atomic E-state index is -0.200. The van der Waals surface area contributed by atoms with E-state index in [-0.39, 0.29) is 5.91 Å². The summed E-state index contributed by atoms with van der Waals surface area (Å²) in [6, 6.07) is 1.61. The number of ether oxygens (including phenoxy) is 1. The van der Waals surface area contributed by atoms with Gasteiger partial charge in [0.2, 0.25) is 0 Å². The Morgan fingerprint density at radius 1 is 1.56 bits per heavy atom. The number of pyridine rings is 1. The molecule has 0 unspecified atom stereocenters. The van der Waals surface area contributed by atoms with Crippen LogP contribution in [0.4, 0.5) is 0 Å². The lowest BCUT2D eigenvalue weighted by molar-refractivity contribution is 0.0951. The summed E-state index contributed by atoms with van der Waals surface area (Å²) < 4.78 is 5.07. The molecule has 7 heteroatoms. The molecular formula is C11H13N5O2. The molecule has 0 aliphatic carbocycles. The monoisotopic (exact) mass is 247 g/mol. The van der Waals surface area contributed by atoms with Crippen molar-refractivity contribution in [3.63, 3.8) is 0 Å². The number of methoxy groups -OCH3 is 1. The highest BCUT2D eigenvalue weighted by Crippen LogP contribution is 2.14. The molecule has 7 nitrogen and oxygen atoms in total. The Labute approximate surface area is 104 Å². The van der Waals surface area contributed by atoms with Crippen LogP contribution in [0.1, 0.15) is 16.2 Å².